The Morgan fingerprint density at radius 1 is 1.30 bits per heavy atom. The fourth-order valence-corrected chi connectivity index (χ4v) is 4.74. The number of alkyl halides is 1. The first-order chi connectivity index (χ1) is 10.7. The third-order valence-corrected chi connectivity index (χ3v) is 6.24. The molecule has 0 aromatic carbocycles. The molecule has 1 aromatic rings. The summed E-state index contributed by atoms with van der Waals surface area (Å²) < 4.78 is 44.5. The maximum absolute atomic E-state index is 12.9. The lowest BCUT2D eigenvalue weighted by Gasteiger charge is -2.26. The SMILES string of the molecule is Cc1cc(CN2CCCN(S(=O)(=O)CC(C)(C)CF)CC2)no1. The monoisotopic (exact) mass is 347 g/mol. The van der Waals surface area contributed by atoms with E-state index in [4.69, 9.17) is 4.52 Å². The Kier molecular flexibility index (Phi) is 5.80. The van der Waals surface area contributed by atoms with Gasteiger partial charge in [-0.2, -0.15) is 0 Å². The highest BCUT2D eigenvalue weighted by Gasteiger charge is 2.32. The zero-order valence-corrected chi connectivity index (χ0v) is 14.9. The molecular formula is C15H26FN3O3S. The second-order valence-corrected chi connectivity index (χ2v) is 8.98. The van der Waals surface area contributed by atoms with Gasteiger partial charge in [0.05, 0.1) is 18.1 Å². The molecule has 23 heavy (non-hydrogen) atoms. The molecule has 0 atom stereocenters. The molecule has 0 bridgehead atoms. The van der Waals surface area contributed by atoms with Crippen molar-refractivity contribution < 1.29 is 17.3 Å². The predicted molar refractivity (Wildman–Crippen MR) is 86.2 cm³/mol. The quantitative estimate of drug-likeness (QED) is 0.785. The molecule has 0 spiro atoms. The molecule has 8 heteroatoms. The van der Waals surface area contributed by atoms with Crippen LogP contribution in [0.2, 0.25) is 0 Å². The summed E-state index contributed by atoms with van der Waals surface area (Å²) in [6.07, 6.45) is 0.756. The topological polar surface area (TPSA) is 66.7 Å². The van der Waals surface area contributed by atoms with Crippen molar-refractivity contribution in [3.05, 3.63) is 17.5 Å². The van der Waals surface area contributed by atoms with Crippen molar-refractivity contribution in [1.29, 1.82) is 0 Å². The van der Waals surface area contributed by atoms with Crippen LogP contribution in [0.1, 0.15) is 31.7 Å². The standard InChI is InChI=1S/C15H26FN3O3S/c1-13-9-14(17-22-13)10-18-5-4-6-19(8-7-18)23(20,21)12-15(2,3)11-16/h9H,4-8,10-12H2,1-3H3. The largest absolute Gasteiger partial charge is 0.361 e. The molecule has 1 saturated heterocycles. The van der Waals surface area contributed by atoms with Crippen molar-refractivity contribution in [3.8, 4) is 0 Å². The van der Waals surface area contributed by atoms with E-state index in [1.807, 2.05) is 13.0 Å². The van der Waals surface area contributed by atoms with Gasteiger partial charge in [-0.1, -0.05) is 19.0 Å². The summed E-state index contributed by atoms with van der Waals surface area (Å²) >= 11 is 0. The van der Waals surface area contributed by atoms with Gasteiger partial charge in [-0.15, -0.1) is 0 Å². The molecule has 0 unspecified atom stereocenters. The van der Waals surface area contributed by atoms with Crippen molar-refractivity contribution in [2.45, 2.75) is 33.7 Å². The van der Waals surface area contributed by atoms with Gasteiger partial charge in [0.1, 0.15) is 5.76 Å². The average molecular weight is 347 g/mol. The molecule has 1 fully saturated rings. The summed E-state index contributed by atoms with van der Waals surface area (Å²) in [6.45, 7) is 7.51. The van der Waals surface area contributed by atoms with Crippen LogP contribution in [0.25, 0.3) is 0 Å². The Morgan fingerprint density at radius 2 is 2.04 bits per heavy atom. The summed E-state index contributed by atoms with van der Waals surface area (Å²) in [5.74, 6) is 0.617. The molecule has 6 nitrogen and oxygen atoms in total. The number of nitrogens with zero attached hydrogens (tertiary/aromatic N) is 3. The lowest BCUT2D eigenvalue weighted by atomic mass is 9.99. The zero-order chi connectivity index (χ0) is 17.1. The third kappa shape index (κ3) is 5.26. The first kappa shape index (κ1) is 18.4. The average Bonchev–Trinajstić information content (AvgIpc) is 2.72. The van der Waals surface area contributed by atoms with Gasteiger partial charge in [-0.25, -0.2) is 12.7 Å². The molecule has 132 valence electrons. The van der Waals surface area contributed by atoms with E-state index < -0.39 is 22.1 Å². The Morgan fingerprint density at radius 3 is 2.65 bits per heavy atom. The second kappa shape index (κ2) is 7.27. The molecule has 0 N–H and O–H groups in total. The van der Waals surface area contributed by atoms with E-state index in [9.17, 15) is 12.8 Å². The van der Waals surface area contributed by atoms with E-state index >= 15 is 0 Å². The molecule has 0 saturated carbocycles. The number of sulfonamides is 1. The van der Waals surface area contributed by atoms with Crippen LogP contribution in [0.4, 0.5) is 4.39 Å². The molecule has 0 amide bonds. The number of halogens is 1. The Balaban J connectivity index is 1.95. The number of aryl methyl sites for hydroxylation is 1. The van der Waals surface area contributed by atoms with E-state index in [2.05, 4.69) is 10.1 Å². The summed E-state index contributed by atoms with van der Waals surface area (Å²) in [5.41, 5.74) is 0.0145. The van der Waals surface area contributed by atoms with Crippen LogP contribution in [0, 0.1) is 12.3 Å². The molecule has 0 aliphatic carbocycles. The van der Waals surface area contributed by atoms with E-state index in [1.54, 1.807) is 13.8 Å². The Labute approximate surface area is 137 Å². The van der Waals surface area contributed by atoms with Crippen LogP contribution in [0.15, 0.2) is 10.6 Å². The van der Waals surface area contributed by atoms with Crippen molar-refractivity contribution >= 4 is 10.0 Å². The zero-order valence-electron chi connectivity index (χ0n) is 14.1. The van der Waals surface area contributed by atoms with Crippen molar-refractivity contribution in [1.82, 2.24) is 14.4 Å². The predicted octanol–water partition coefficient (Wildman–Crippen LogP) is 1.82. The van der Waals surface area contributed by atoms with Gasteiger partial charge < -0.3 is 4.52 Å². The maximum atomic E-state index is 12.9. The van der Waals surface area contributed by atoms with Gasteiger partial charge in [-0.05, 0) is 19.9 Å². The summed E-state index contributed by atoms with van der Waals surface area (Å²) in [6, 6.07) is 1.89. The number of hydrogen-bond donors (Lipinski definition) is 0. The fraction of sp³-hybridized carbons (Fsp3) is 0.800. The van der Waals surface area contributed by atoms with Gasteiger partial charge in [0.15, 0.2) is 0 Å². The number of aromatic nitrogens is 1. The fourth-order valence-electron chi connectivity index (χ4n) is 2.73. The van der Waals surface area contributed by atoms with Crippen LogP contribution in [-0.2, 0) is 16.6 Å². The van der Waals surface area contributed by atoms with E-state index in [0.717, 1.165) is 24.4 Å². The minimum atomic E-state index is -3.44. The van der Waals surface area contributed by atoms with Gasteiger partial charge in [0, 0.05) is 37.7 Å². The van der Waals surface area contributed by atoms with Gasteiger partial charge in [0.2, 0.25) is 10.0 Å². The second-order valence-electron chi connectivity index (χ2n) is 7.01. The van der Waals surface area contributed by atoms with Gasteiger partial charge in [-0.3, -0.25) is 9.29 Å². The Bertz CT molecular complexity index is 615. The number of hydrogen-bond acceptors (Lipinski definition) is 5. The highest BCUT2D eigenvalue weighted by atomic mass is 32.2. The first-order valence-corrected chi connectivity index (χ1v) is 9.51. The third-order valence-electron chi connectivity index (χ3n) is 3.94. The lowest BCUT2D eigenvalue weighted by molar-refractivity contribution is 0.265. The van der Waals surface area contributed by atoms with Crippen molar-refractivity contribution in [2.24, 2.45) is 5.41 Å². The highest BCUT2D eigenvalue weighted by Crippen LogP contribution is 2.21. The van der Waals surface area contributed by atoms with Crippen LogP contribution < -0.4 is 0 Å². The summed E-state index contributed by atoms with van der Waals surface area (Å²) in [4.78, 5) is 2.17. The van der Waals surface area contributed by atoms with Crippen LogP contribution in [0.3, 0.4) is 0 Å². The molecule has 0 radical (unpaired) electrons. The smallest absolute Gasteiger partial charge is 0.214 e. The van der Waals surface area contributed by atoms with E-state index in [1.165, 1.54) is 4.31 Å². The molecule has 1 aliphatic heterocycles. The van der Waals surface area contributed by atoms with Crippen LogP contribution in [-0.4, -0.2) is 61.4 Å². The summed E-state index contributed by atoms with van der Waals surface area (Å²) in [5, 5.41) is 3.98. The highest BCUT2D eigenvalue weighted by molar-refractivity contribution is 7.89. The summed E-state index contributed by atoms with van der Waals surface area (Å²) in [7, 11) is -3.44. The maximum Gasteiger partial charge on any atom is 0.214 e. The lowest BCUT2D eigenvalue weighted by Crippen LogP contribution is -2.40. The minimum Gasteiger partial charge on any atom is -0.361 e. The molecular weight excluding hydrogens is 321 g/mol. The first-order valence-electron chi connectivity index (χ1n) is 7.90. The molecule has 2 heterocycles. The number of rotatable bonds is 6. The van der Waals surface area contributed by atoms with Crippen LogP contribution in [0.5, 0.6) is 0 Å². The van der Waals surface area contributed by atoms with E-state index in [-0.39, 0.29) is 5.75 Å². The minimum absolute atomic E-state index is 0.154. The molecule has 1 aromatic heterocycles. The van der Waals surface area contributed by atoms with E-state index in [0.29, 0.717) is 26.2 Å². The van der Waals surface area contributed by atoms with Gasteiger partial charge in [0.25, 0.3) is 0 Å². The van der Waals surface area contributed by atoms with Gasteiger partial charge >= 0.3 is 0 Å². The van der Waals surface area contributed by atoms with Crippen LogP contribution >= 0.6 is 0 Å². The van der Waals surface area contributed by atoms with Crippen molar-refractivity contribution in [3.63, 3.8) is 0 Å². The Hall–Kier alpha value is -0.990. The normalized spacial score (nSPS) is 19.0. The molecule has 1 aliphatic rings. The van der Waals surface area contributed by atoms with Crippen molar-refractivity contribution in [2.75, 3.05) is 38.6 Å². The molecule has 2 rings (SSSR count).